The van der Waals surface area contributed by atoms with Crippen molar-refractivity contribution in [3.8, 4) is 0 Å². The molecule has 1 aliphatic heterocycles. The molecule has 7 heteroatoms. The van der Waals surface area contributed by atoms with Crippen LogP contribution in [0.2, 0.25) is 0 Å². The van der Waals surface area contributed by atoms with Gasteiger partial charge < -0.3 is 20.3 Å². The third-order valence-electron chi connectivity index (χ3n) is 3.09. The van der Waals surface area contributed by atoms with Gasteiger partial charge in [0.05, 0.1) is 29.8 Å². The smallest absolute Gasteiger partial charge is 0.226 e. The van der Waals surface area contributed by atoms with Gasteiger partial charge >= 0.3 is 0 Å². The lowest BCUT2D eigenvalue weighted by Gasteiger charge is -2.34. The number of rotatable bonds is 4. The van der Waals surface area contributed by atoms with E-state index in [1.807, 2.05) is 12.3 Å². The summed E-state index contributed by atoms with van der Waals surface area (Å²) in [6.45, 7) is 2.06. The minimum Gasteiger partial charge on any atom is -0.394 e. The number of aromatic nitrogens is 1. The minimum atomic E-state index is -0.875. The van der Waals surface area contributed by atoms with Gasteiger partial charge in [-0.05, 0) is 13.3 Å². The number of carbonyl (C=O) groups excluding carboxylic acids is 1. The Bertz CT molecular complexity index is 437. The van der Waals surface area contributed by atoms with E-state index in [0.717, 1.165) is 10.7 Å². The van der Waals surface area contributed by atoms with Crippen molar-refractivity contribution < 1.29 is 19.7 Å². The normalized spacial score (nSPS) is 27.2. The van der Waals surface area contributed by atoms with Crippen LogP contribution in [0.4, 0.5) is 0 Å². The van der Waals surface area contributed by atoms with Crippen molar-refractivity contribution in [2.24, 2.45) is 0 Å². The third-order valence-corrected chi connectivity index (χ3v) is 3.91. The van der Waals surface area contributed by atoms with E-state index in [1.54, 1.807) is 0 Å². The van der Waals surface area contributed by atoms with Gasteiger partial charge in [-0.25, -0.2) is 4.98 Å². The van der Waals surface area contributed by atoms with Crippen molar-refractivity contribution in [3.63, 3.8) is 0 Å². The quantitative estimate of drug-likeness (QED) is 0.702. The number of aryl methyl sites for hydroxylation is 1. The predicted octanol–water partition coefficient (Wildman–Crippen LogP) is -0.379. The second-order valence-electron chi connectivity index (χ2n) is 4.58. The van der Waals surface area contributed by atoms with Crippen LogP contribution in [0.1, 0.15) is 17.1 Å². The van der Waals surface area contributed by atoms with Gasteiger partial charge in [-0.15, -0.1) is 11.3 Å². The van der Waals surface area contributed by atoms with Crippen LogP contribution in [0.25, 0.3) is 0 Å². The van der Waals surface area contributed by atoms with Gasteiger partial charge in [-0.3, -0.25) is 4.79 Å². The molecule has 0 aliphatic carbocycles. The zero-order valence-corrected chi connectivity index (χ0v) is 11.5. The molecule has 0 bridgehead atoms. The maximum Gasteiger partial charge on any atom is 0.226 e. The number of carbonyl (C=O) groups is 1. The van der Waals surface area contributed by atoms with Crippen molar-refractivity contribution >= 4 is 17.2 Å². The molecule has 1 aromatic rings. The molecule has 3 atom stereocenters. The molecule has 19 heavy (non-hydrogen) atoms. The number of amides is 1. The highest BCUT2D eigenvalue weighted by molar-refractivity contribution is 7.09. The molecule has 0 aromatic carbocycles. The van der Waals surface area contributed by atoms with Gasteiger partial charge in [0.2, 0.25) is 5.91 Å². The number of nitrogens with zero attached hydrogens (tertiary/aromatic N) is 1. The van der Waals surface area contributed by atoms with E-state index in [4.69, 9.17) is 9.84 Å². The lowest BCUT2D eigenvalue weighted by molar-refractivity contribution is -0.131. The average Bonchev–Trinajstić information content (AvgIpc) is 2.77. The van der Waals surface area contributed by atoms with Crippen molar-refractivity contribution in [3.05, 3.63) is 16.1 Å². The van der Waals surface area contributed by atoms with E-state index in [-0.39, 0.29) is 25.0 Å². The molecule has 1 amide bonds. The maximum atomic E-state index is 11.9. The third kappa shape index (κ3) is 3.73. The maximum absolute atomic E-state index is 11.9. The van der Waals surface area contributed by atoms with Crippen LogP contribution in [0.3, 0.4) is 0 Å². The first-order valence-corrected chi connectivity index (χ1v) is 7.09. The minimum absolute atomic E-state index is 0.173. The standard InChI is InChI=1S/C12H18N2O4S/c1-7-13-8(6-19-7)4-11(16)14-9-2-3-18-10(5-15)12(9)17/h6,9-10,12,15,17H,2-5H2,1H3,(H,14,16)/t9-,10+,12-/m0/s1. The highest BCUT2D eigenvalue weighted by atomic mass is 32.1. The fourth-order valence-corrected chi connectivity index (χ4v) is 2.72. The summed E-state index contributed by atoms with van der Waals surface area (Å²) < 4.78 is 5.21. The average molecular weight is 286 g/mol. The summed E-state index contributed by atoms with van der Waals surface area (Å²) in [6.07, 6.45) is -0.752. The Morgan fingerprint density at radius 1 is 1.68 bits per heavy atom. The molecule has 2 heterocycles. The molecule has 0 radical (unpaired) electrons. The second-order valence-corrected chi connectivity index (χ2v) is 5.64. The Morgan fingerprint density at radius 2 is 2.47 bits per heavy atom. The fourth-order valence-electron chi connectivity index (χ4n) is 2.10. The molecular formula is C12H18N2O4S. The fraction of sp³-hybridized carbons (Fsp3) is 0.667. The number of ether oxygens (including phenoxy) is 1. The molecule has 0 unspecified atom stereocenters. The van der Waals surface area contributed by atoms with Gasteiger partial charge in [0.25, 0.3) is 0 Å². The Kier molecular flexibility index (Phi) is 4.87. The SMILES string of the molecule is Cc1nc(CC(=O)N[C@H]2CCO[C@H](CO)[C@H]2O)cs1. The van der Waals surface area contributed by atoms with E-state index in [0.29, 0.717) is 13.0 Å². The van der Waals surface area contributed by atoms with Crippen LogP contribution in [0.15, 0.2) is 5.38 Å². The van der Waals surface area contributed by atoms with Gasteiger partial charge in [0.1, 0.15) is 12.2 Å². The lowest BCUT2D eigenvalue weighted by atomic mass is 10.00. The number of nitrogens with one attached hydrogen (secondary N) is 1. The zero-order valence-electron chi connectivity index (χ0n) is 10.7. The molecule has 1 fully saturated rings. The van der Waals surface area contributed by atoms with Crippen molar-refractivity contribution in [2.45, 2.75) is 38.0 Å². The first kappa shape index (κ1) is 14.4. The Hall–Kier alpha value is -1.02. The zero-order chi connectivity index (χ0) is 13.8. The summed E-state index contributed by atoms with van der Waals surface area (Å²) in [4.78, 5) is 16.1. The summed E-state index contributed by atoms with van der Waals surface area (Å²) in [7, 11) is 0. The van der Waals surface area contributed by atoms with E-state index in [1.165, 1.54) is 11.3 Å². The first-order valence-electron chi connectivity index (χ1n) is 6.21. The Balaban J connectivity index is 1.87. The number of aliphatic hydroxyl groups excluding tert-OH is 2. The van der Waals surface area contributed by atoms with Crippen LogP contribution < -0.4 is 5.32 Å². The number of hydrogen-bond acceptors (Lipinski definition) is 6. The van der Waals surface area contributed by atoms with Crippen molar-refractivity contribution in [1.82, 2.24) is 10.3 Å². The molecule has 0 saturated carbocycles. The monoisotopic (exact) mass is 286 g/mol. The molecular weight excluding hydrogens is 268 g/mol. The van der Waals surface area contributed by atoms with Crippen LogP contribution in [0, 0.1) is 6.92 Å². The molecule has 106 valence electrons. The molecule has 6 nitrogen and oxygen atoms in total. The van der Waals surface area contributed by atoms with Crippen LogP contribution >= 0.6 is 11.3 Å². The molecule has 1 aliphatic rings. The van der Waals surface area contributed by atoms with Crippen LogP contribution in [-0.4, -0.2) is 52.6 Å². The summed E-state index contributed by atoms with van der Waals surface area (Å²) in [5.41, 5.74) is 0.736. The highest BCUT2D eigenvalue weighted by Gasteiger charge is 2.33. The largest absolute Gasteiger partial charge is 0.394 e. The number of aliphatic hydroxyl groups is 2. The molecule has 3 N–H and O–H groups in total. The van der Waals surface area contributed by atoms with Gasteiger partial charge in [-0.1, -0.05) is 0 Å². The Morgan fingerprint density at radius 3 is 3.11 bits per heavy atom. The molecule has 1 saturated heterocycles. The van der Waals surface area contributed by atoms with E-state index in [9.17, 15) is 9.90 Å². The predicted molar refractivity (Wildman–Crippen MR) is 69.9 cm³/mol. The van der Waals surface area contributed by atoms with Crippen LogP contribution in [0.5, 0.6) is 0 Å². The van der Waals surface area contributed by atoms with E-state index < -0.39 is 12.2 Å². The van der Waals surface area contributed by atoms with E-state index >= 15 is 0 Å². The Labute approximate surface area is 115 Å². The van der Waals surface area contributed by atoms with Gasteiger partial charge in [0, 0.05) is 12.0 Å². The number of thiazole rings is 1. The summed E-state index contributed by atoms with van der Waals surface area (Å²) in [6, 6.07) is -0.377. The topological polar surface area (TPSA) is 91.7 Å². The van der Waals surface area contributed by atoms with Gasteiger partial charge in [-0.2, -0.15) is 0 Å². The molecule has 0 spiro atoms. The van der Waals surface area contributed by atoms with Crippen LogP contribution in [-0.2, 0) is 16.0 Å². The van der Waals surface area contributed by atoms with Crippen molar-refractivity contribution in [1.29, 1.82) is 0 Å². The summed E-state index contributed by atoms with van der Waals surface area (Å²) in [5, 5.41) is 24.5. The lowest BCUT2D eigenvalue weighted by Crippen LogP contribution is -2.54. The summed E-state index contributed by atoms with van der Waals surface area (Å²) >= 11 is 1.50. The summed E-state index contributed by atoms with van der Waals surface area (Å²) in [5.74, 6) is -0.173. The van der Waals surface area contributed by atoms with Gasteiger partial charge in [0.15, 0.2) is 0 Å². The first-order chi connectivity index (χ1) is 9.10. The number of hydrogen-bond donors (Lipinski definition) is 3. The molecule has 1 aromatic heterocycles. The highest BCUT2D eigenvalue weighted by Crippen LogP contribution is 2.15. The molecule has 2 rings (SSSR count). The van der Waals surface area contributed by atoms with E-state index in [2.05, 4.69) is 10.3 Å². The second kappa shape index (κ2) is 6.42. The van der Waals surface area contributed by atoms with Crippen molar-refractivity contribution in [2.75, 3.05) is 13.2 Å².